The van der Waals surface area contributed by atoms with Gasteiger partial charge in [0.1, 0.15) is 73.2 Å². The van der Waals surface area contributed by atoms with Gasteiger partial charge in [0.2, 0.25) is 5.91 Å². The van der Waals surface area contributed by atoms with Crippen molar-refractivity contribution in [3.8, 4) is 0 Å². The molecule has 0 bridgehead atoms. The Hall–Kier alpha value is -2.77. The molecule has 19 heteroatoms. The number of hydrogen-bond donors (Lipinski definition) is 12. The van der Waals surface area contributed by atoms with Crippen molar-refractivity contribution in [2.24, 2.45) is 0 Å². The summed E-state index contributed by atoms with van der Waals surface area (Å²) in [6.07, 6.45) is 13.4. The highest BCUT2D eigenvalue weighted by Crippen LogP contribution is 2.33. The normalized spacial score (nSPS) is 32.6. The van der Waals surface area contributed by atoms with E-state index in [-0.39, 0.29) is 18.9 Å². The van der Waals surface area contributed by atoms with Gasteiger partial charge in [-0.2, -0.15) is 0 Å². The van der Waals surface area contributed by atoms with E-state index in [9.17, 15) is 61.0 Å². The van der Waals surface area contributed by atoms with Crippen LogP contribution in [0, 0.1) is 0 Å². The Morgan fingerprint density at radius 1 is 0.514 bits per heavy atom. The minimum absolute atomic E-state index is 0.192. The lowest BCUT2D eigenvalue weighted by atomic mass is 9.96. The average molecular weight is 1030 g/mol. The third kappa shape index (κ3) is 22.2. The summed E-state index contributed by atoms with van der Waals surface area (Å²) in [4.78, 5) is 13.2. The molecule has 72 heavy (non-hydrogen) atoms. The van der Waals surface area contributed by atoms with Gasteiger partial charge in [0, 0.05) is 6.42 Å². The van der Waals surface area contributed by atoms with Crippen LogP contribution in [0.2, 0.25) is 0 Å². The molecule has 3 aliphatic heterocycles. The van der Waals surface area contributed by atoms with Crippen LogP contribution in [0.25, 0.3) is 0 Å². The smallest absolute Gasteiger partial charge is 0.220 e. The fourth-order valence-corrected chi connectivity index (χ4v) is 8.35. The Morgan fingerprint density at radius 2 is 0.972 bits per heavy atom. The van der Waals surface area contributed by atoms with E-state index >= 15 is 0 Å². The lowest BCUT2D eigenvalue weighted by molar-refractivity contribution is -0.379. The second kappa shape index (κ2) is 37.1. The van der Waals surface area contributed by atoms with Crippen LogP contribution >= 0.6 is 0 Å². The van der Waals surface area contributed by atoms with E-state index in [1.165, 1.54) is 25.7 Å². The van der Waals surface area contributed by atoms with Gasteiger partial charge in [-0.3, -0.25) is 4.79 Å². The summed E-state index contributed by atoms with van der Waals surface area (Å²) in [7, 11) is 0. The number of carbonyl (C=O) groups excluding carboxylic acids is 1. The number of aliphatic hydroxyl groups is 11. The molecular formula is C53H89NO18. The fourth-order valence-electron chi connectivity index (χ4n) is 8.35. The van der Waals surface area contributed by atoms with E-state index in [1.807, 2.05) is 0 Å². The Kier molecular flexibility index (Phi) is 32.7. The van der Waals surface area contributed by atoms with E-state index in [4.69, 9.17) is 28.4 Å². The molecule has 3 rings (SSSR count). The number of unbranched alkanes of at least 4 members (excludes halogenated alkanes) is 9. The second-order valence-electron chi connectivity index (χ2n) is 18.6. The first-order valence-electron chi connectivity index (χ1n) is 26.2. The molecule has 3 saturated heterocycles. The molecule has 0 aromatic heterocycles. The molecule has 19 nitrogen and oxygen atoms in total. The second-order valence-corrected chi connectivity index (χ2v) is 18.6. The molecule has 0 saturated carbocycles. The monoisotopic (exact) mass is 1030 g/mol. The van der Waals surface area contributed by atoms with Gasteiger partial charge in [-0.25, -0.2) is 0 Å². The van der Waals surface area contributed by atoms with Gasteiger partial charge in [-0.15, -0.1) is 0 Å². The van der Waals surface area contributed by atoms with Crippen LogP contribution in [-0.4, -0.2) is 193 Å². The number of allylic oxidation sites excluding steroid dienone is 11. The predicted octanol–water partition coefficient (Wildman–Crippen LogP) is 2.31. The molecule has 0 aromatic carbocycles. The highest BCUT2D eigenvalue weighted by atomic mass is 16.8. The molecule has 0 spiro atoms. The van der Waals surface area contributed by atoms with Gasteiger partial charge in [0.05, 0.1) is 38.6 Å². The Labute approximate surface area is 426 Å². The lowest BCUT2D eigenvalue weighted by Crippen LogP contribution is -2.66. The van der Waals surface area contributed by atoms with Gasteiger partial charge >= 0.3 is 0 Å². The predicted molar refractivity (Wildman–Crippen MR) is 268 cm³/mol. The van der Waals surface area contributed by atoms with Crippen molar-refractivity contribution < 1.29 is 89.4 Å². The van der Waals surface area contributed by atoms with E-state index in [1.54, 1.807) is 12.2 Å². The molecule has 3 heterocycles. The molecule has 0 radical (unpaired) electrons. The zero-order valence-electron chi connectivity index (χ0n) is 42.4. The third-order valence-corrected chi connectivity index (χ3v) is 12.7. The van der Waals surface area contributed by atoms with E-state index < -0.39 is 124 Å². The Balaban J connectivity index is 1.59. The van der Waals surface area contributed by atoms with Crippen LogP contribution in [0.4, 0.5) is 0 Å². The zero-order chi connectivity index (χ0) is 52.7. The minimum atomic E-state index is -1.99. The maximum Gasteiger partial charge on any atom is 0.220 e. The quantitative estimate of drug-likeness (QED) is 0.0320. The highest BCUT2D eigenvalue weighted by molar-refractivity contribution is 5.76. The fraction of sp³-hybridized carbons (Fsp3) is 0.755. The van der Waals surface area contributed by atoms with E-state index in [0.29, 0.717) is 12.8 Å². The van der Waals surface area contributed by atoms with Crippen molar-refractivity contribution in [1.29, 1.82) is 0 Å². The molecule has 12 N–H and O–H groups in total. The molecule has 0 aromatic rings. The average Bonchev–Trinajstić information content (AvgIpc) is 3.37. The maximum absolute atomic E-state index is 13.2. The molecule has 3 aliphatic rings. The van der Waals surface area contributed by atoms with Gasteiger partial charge < -0.3 is 89.9 Å². The van der Waals surface area contributed by atoms with Crippen molar-refractivity contribution in [1.82, 2.24) is 5.32 Å². The maximum atomic E-state index is 13.2. The van der Waals surface area contributed by atoms with Crippen LogP contribution in [0.15, 0.2) is 72.9 Å². The Bertz CT molecular complexity index is 1610. The number of nitrogens with one attached hydrogen (secondary N) is 1. The summed E-state index contributed by atoms with van der Waals surface area (Å²) < 4.78 is 34.1. The van der Waals surface area contributed by atoms with Crippen LogP contribution < -0.4 is 5.32 Å². The highest BCUT2D eigenvalue weighted by Gasteiger charge is 2.53. The number of carbonyl (C=O) groups is 1. The molecule has 17 unspecified atom stereocenters. The van der Waals surface area contributed by atoms with Crippen molar-refractivity contribution in [2.75, 3.05) is 26.4 Å². The number of amides is 1. The summed E-state index contributed by atoms with van der Waals surface area (Å²) in [5, 5.41) is 120. The van der Waals surface area contributed by atoms with Crippen LogP contribution in [-0.2, 0) is 33.2 Å². The van der Waals surface area contributed by atoms with Crippen LogP contribution in [0.3, 0.4) is 0 Å². The van der Waals surface area contributed by atoms with E-state index in [2.05, 4.69) is 79.9 Å². The SMILES string of the molecule is CC/C=C\C/C=C\C/C=C\CCCCCC(=O)NC(COC1OC(CO)C(OC2OC(CO)C(OC3OC(CO)C(O)C(O)C3O)C(O)C2O)C(O)C1O)C(O)/C=C/CC/C=C/CC/C=C/CCCCCC. The molecule has 0 aliphatic carbocycles. The van der Waals surface area contributed by atoms with Crippen molar-refractivity contribution in [2.45, 2.75) is 227 Å². The van der Waals surface area contributed by atoms with Crippen LogP contribution in [0.1, 0.15) is 123 Å². The molecule has 3 fully saturated rings. The molecule has 414 valence electrons. The summed E-state index contributed by atoms with van der Waals surface area (Å²) in [5.41, 5.74) is 0. The van der Waals surface area contributed by atoms with Crippen LogP contribution in [0.5, 0.6) is 0 Å². The molecule has 1 amide bonds. The van der Waals surface area contributed by atoms with Gasteiger partial charge in [0.15, 0.2) is 18.9 Å². The zero-order valence-corrected chi connectivity index (χ0v) is 42.4. The summed E-state index contributed by atoms with van der Waals surface area (Å²) in [5.74, 6) is -0.325. The third-order valence-electron chi connectivity index (χ3n) is 12.7. The van der Waals surface area contributed by atoms with Gasteiger partial charge in [-0.05, 0) is 77.0 Å². The molecular weight excluding hydrogens is 939 g/mol. The largest absolute Gasteiger partial charge is 0.394 e. The van der Waals surface area contributed by atoms with Crippen molar-refractivity contribution >= 4 is 5.91 Å². The minimum Gasteiger partial charge on any atom is -0.394 e. The number of rotatable bonds is 35. The number of ether oxygens (including phenoxy) is 6. The number of hydrogen-bond acceptors (Lipinski definition) is 18. The van der Waals surface area contributed by atoms with Gasteiger partial charge in [0.25, 0.3) is 0 Å². The molecule has 17 atom stereocenters. The Morgan fingerprint density at radius 3 is 1.53 bits per heavy atom. The first-order chi connectivity index (χ1) is 34.8. The van der Waals surface area contributed by atoms with Gasteiger partial charge in [-0.1, -0.05) is 112 Å². The standard InChI is InChI=1S/C53H89NO18/c1-3-5-7-9-11-13-15-17-19-20-22-24-26-28-30-37(58)36(54-41(59)31-29-27-25-23-21-18-16-14-12-10-8-6-4-2)35-67-51-47(65)44(62)49(39(33-56)69-51)72-53-48(66)45(63)50(40(34-57)70-53)71-52-46(64)43(61)42(60)38(32-55)68-52/h6,8,12-15,18,20-22,28,30,36-40,42-53,55-58,60-66H,3-5,7,9-11,16-17,19,23-27,29,31-35H2,1-2H3,(H,54,59)/b8-6-,14-12-,15-13+,21-18-,22-20+,30-28+. The topological polar surface area (TPSA) is 307 Å². The first kappa shape index (κ1) is 63.5. The number of aliphatic hydroxyl groups excluding tert-OH is 11. The lowest BCUT2D eigenvalue weighted by Gasteiger charge is -2.48. The van der Waals surface area contributed by atoms with Crippen molar-refractivity contribution in [3.05, 3.63) is 72.9 Å². The summed E-state index contributed by atoms with van der Waals surface area (Å²) >= 11 is 0. The van der Waals surface area contributed by atoms with E-state index in [0.717, 1.165) is 64.2 Å². The summed E-state index contributed by atoms with van der Waals surface area (Å²) in [6, 6.07) is -1.01. The first-order valence-corrected chi connectivity index (χ1v) is 26.2. The summed E-state index contributed by atoms with van der Waals surface area (Å²) in [6.45, 7) is 1.47. The van der Waals surface area contributed by atoms with Crippen molar-refractivity contribution in [3.63, 3.8) is 0 Å².